The summed E-state index contributed by atoms with van der Waals surface area (Å²) in [5.41, 5.74) is 0. The van der Waals surface area contributed by atoms with E-state index in [9.17, 15) is 13.2 Å². The molecule has 0 amide bonds. The van der Waals surface area contributed by atoms with Crippen molar-refractivity contribution >= 4 is 0 Å². The lowest BCUT2D eigenvalue weighted by Crippen LogP contribution is -2.11. The number of halogens is 3. The minimum Gasteiger partial charge on any atom is -0.353 e. The van der Waals surface area contributed by atoms with Gasteiger partial charge in [-0.15, -0.1) is 0 Å². The zero-order valence-electron chi connectivity index (χ0n) is 12.9. The highest BCUT2D eigenvalue weighted by Crippen LogP contribution is 2.23. The summed E-state index contributed by atoms with van der Waals surface area (Å²) in [6, 6.07) is 0. The number of hydrogen-bond donors (Lipinski definition) is 0. The molecule has 0 aromatic heterocycles. The molecule has 21 heavy (non-hydrogen) atoms. The molecule has 2 nitrogen and oxygen atoms in total. The number of ether oxygens (including phenoxy) is 2. The van der Waals surface area contributed by atoms with Gasteiger partial charge in [-0.2, -0.15) is 13.2 Å². The highest BCUT2D eigenvalue weighted by atomic mass is 19.4. The van der Waals surface area contributed by atoms with Crippen LogP contribution >= 0.6 is 0 Å². The molecule has 0 radical (unpaired) electrons. The van der Waals surface area contributed by atoms with Crippen molar-refractivity contribution in [3.05, 3.63) is 0 Å². The van der Waals surface area contributed by atoms with Crippen LogP contribution in [-0.4, -0.2) is 25.7 Å². The van der Waals surface area contributed by atoms with E-state index in [0.717, 1.165) is 51.7 Å². The van der Waals surface area contributed by atoms with Crippen molar-refractivity contribution in [3.63, 3.8) is 0 Å². The number of rotatable bonds is 12. The normalized spacial score (nSPS) is 19.3. The fraction of sp³-hybridized carbons (Fsp3) is 1.00. The van der Waals surface area contributed by atoms with E-state index in [4.69, 9.17) is 9.47 Å². The molecule has 0 aliphatic carbocycles. The van der Waals surface area contributed by atoms with Gasteiger partial charge in [0.15, 0.2) is 6.29 Å². The number of hydrogen-bond acceptors (Lipinski definition) is 2. The van der Waals surface area contributed by atoms with E-state index in [-0.39, 0.29) is 12.7 Å². The zero-order chi connectivity index (χ0) is 15.4. The highest BCUT2D eigenvalue weighted by molar-refractivity contribution is 4.55. The second-order valence-electron chi connectivity index (χ2n) is 5.86. The molecule has 0 aromatic rings. The van der Waals surface area contributed by atoms with Crippen LogP contribution < -0.4 is 0 Å². The van der Waals surface area contributed by atoms with E-state index < -0.39 is 12.6 Å². The summed E-state index contributed by atoms with van der Waals surface area (Å²) in [5, 5.41) is 0. The molecular weight excluding hydrogens is 281 g/mol. The van der Waals surface area contributed by atoms with Crippen LogP contribution in [0.5, 0.6) is 0 Å². The van der Waals surface area contributed by atoms with Gasteiger partial charge in [-0.1, -0.05) is 44.9 Å². The smallest absolute Gasteiger partial charge is 0.353 e. The molecule has 0 spiro atoms. The van der Waals surface area contributed by atoms with E-state index in [0.29, 0.717) is 6.42 Å². The summed E-state index contributed by atoms with van der Waals surface area (Å²) in [7, 11) is 0. The summed E-state index contributed by atoms with van der Waals surface area (Å²) in [6.45, 7) is 1.61. The Morgan fingerprint density at radius 3 is 1.95 bits per heavy atom. The topological polar surface area (TPSA) is 18.5 Å². The van der Waals surface area contributed by atoms with Gasteiger partial charge in [-0.05, 0) is 19.3 Å². The quantitative estimate of drug-likeness (QED) is 0.437. The first-order chi connectivity index (χ1) is 10.1. The highest BCUT2D eigenvalue weighted by Gasteiger charge is 2.25. The Morgan fingerprint density at radius 2 is 1.43 bits per heavy atom. The fourth-order valence-corrected chi connectivity index (χ4v) is 2.56. The van der Waals surface area contributed by atoms with Gasteiger partial charge in [0.05, 0.1) is 0 Å². The van der Waals surface area contributed by atoms with Crippen LogP contribution in [-0.2, 0) is 9.47 Å². The van der Waals surface area contributed by atoms with E-state index in [1.807, 2.05) is 0 Å². The molecule has 0 saturated carbocycles. The van der Waals surface area contributed by atoms with Gasteiger partial charge in [0.25, 0.3) is 0 Å². The standard InChI is InChI=1S/C16H29F3O2/c17-16(18,19)12-8-6-4-2-1-3-5-7-9-13-20-15-11-10-14-21-15/h15H,1-14H2. The van der Waals surface area contributed by atoms with Crippen LogP contribution in [0.1, 0.15) is 77.0 Å². The molecule has 1 fully saturated rings. The first-order valence-corrected chi connectivity index (χ1v) is 8.38. The molecule has 1 aliphatic rings. The van der Waals surface area contributed by atoms with E-state index >= 15 is 0 Å². The van der Waals surface area contributed by atoms with Crippen molar-refractivity contribution < 1.29 is 22.6 Å². The molecule has 0 bridgehead atoms. The van der Waals surface area contributed by atoms with E-state index in [2.05, 4.69) is 0 Å². The van der Waals surface area contributed by atoms with Gasteiger partial charge in [-0.3, -0.25) is 0 Å². The lowest BCUT2D eigenvalue weighted by molar-refractivity contribution is -0.135. The summed E-state index contributed by atoms with van der Waals surface area (Å²) >= 11 is 0. The molecule has 1 rings (SSSR count). The average molecular weight is 310 g/mol. The fourth-order valence-electron chi connectivity index (χ4n) is 2.56. The van der Waals surface area contributed by atoms with Crippen LogP contribution in [0.15, 0.2) is 0 Å². The summed E-state index contributed by atoms with van der Waals surface area (Å²) in [4.78, 5) is 0. The lowest BCUT2D eigenvalue weighted by atomic mass is 10.1. The minimum absolute atomic E-state index is 0.0294. The Hall–Kier alpha value is -0.290. The molecule has 1 unspecified atom stereocenters. The van der Waals surface area contributed by atoms with Crippen LogP contribution in [0, 0.1) is 0 Å². The van der Waals surface area contributed by atoms with Crippen molar-refractivity contribution in [1.82, 2.24) is 0 Å². The van der Waals surface area contributed by atoms with Gasteiger partial charge in [-0.25, -0.2) is 0 Å². The molecule has 1 aliphatic heterocycles. The molecule has 0 N–H and O–H groups in total. The molecule has 1 heterocycles. The minimum atomic E-state index is -3.98. The molecule has 1 atom stereocenters. The Bertz CT molecular complexity index is 238. The van der Waals surface area contributed by atoms with Crippen LogP contribution in [0.3, 0.4) is 0 Å². The summed E-state index contributed by atoms with van der Waals surface area (Å²) in [5.74, 6) is 0. The van der Waals surface area contributed by atoms with Gasteiger partial charge in [0, 0.05) is 26.1 Å². The van der Waals surface area contributed by atoms with Crippen molar-refractivity contribution in [2.45, 2.75) is 89.5 Å². The van der Waals surface area contributed by atoms with Crippen molar-refractivity contribution in [1.29, 1.82) is 0 Å². The first kappa shape index (κ1) is 18.8. The monoisotopic (exact) mass is 310 g/mol. The maximum atomic E-state index is 11.9. The predicted molar refractivity (Wildman–Crippen MR) is 77.2 cm³/mol. The van der Waals surface area contributed by atoms with E-state index in [1.54, 1.807) is 0 Å². The Morgan fingerprint density at radius 1 is 0.857 bits per heavy atom. The van der Waals surface area contributed by atoms with Gasteiger partial charge >= 0.3 is 6.18 Å². The van der Waals surface area contributed by atoms with Gasteiger partial charge < -0.3 is 9.47 Å². The van der Waals surface area contributed by atoms with Crippen molar-refractivity contribution in [2.75, 3.05) is 13.2 Å². The molecular formula is C16H29F3O2. The Kier molecular flexibility index (Phi) is 10.1. The van der Waals surface area contributed by atoms with Crippen molar-refractivity contribution in [2.24, 2.45) is 0 Å². The molecule has 126 valence electrons. The van der Waals surface area contributed by atoms with Gasteiger partial charge in [0.2, 0.25) is 0 Å². The maximum absolute atomic E-state index is 11.9. The summed E-state index contributed by atoms with van der Waals surface area (Å²) < 4.78 is 46.7. The summed E-state index contributed by atoms with van der Waals surface area (Å²) in [6.07, 6.45) is 6.27. The first-order valence-electron chi connectivity index (χ1n) is 8.38. The van der Waals surface area contributed by atoms with Crippen LogP contribution in [0.25, 0.3) is 0 Å². The number of unbranched alkanes of at least 4 members (excludes halogenated alkanes) is 8. The third-order valence-corrected chi connectivity index (χ3v) is 3.80. The Labute approximate surface area is 126 Å². The third-order valence-electron chi connectivity index (χ3n) is 3.80. The molecule has 1 saturated heterocycles. The predicted octanol–water partition coefficient (Wildman–Crippen LogP) is 5.60. The zero-order valence-corrected chi connectivity index (χ0v) is 12.9. The van der Waals surface area contributed by atoms with Crippen LogP contribution in [0.2, 0.25) is 0 Å². The maximum Gasteiger partial charge on any atom is 0.389 e. The number of alkyl halides is 3. The molecule has 5 heteroatoms. The molecule has 0 aromatic carbocycles. The SMILES string of the molecule is FC(F)(F)CCCCCCCCCCCOC1CCCO1. The Balaban J connectivity index is 1.70. The third kappa shape index (κ3) is 12.0. The second kappa shape index (κ2) is 11.3. The second-order valence-corrected chi connectivity index (χ2v) is 5.86. The van der Waals surface area contributed by atoms with Gasteiger partial charge in [0.1, 0.15) is 0 Å². The largest absolute Gasteiger partial charge is 0.389 e. The van der Waals surface area contributed by atoms with Crippen LogP contribution in [0.4, 0.5) is 13.2 Å². The van der Waals surface area contributed by atoms with Crippen molar-refractivity contribution in [3.8, 4) is 0 Å². The lowest BCUT2D eigenvalue weighted by Gasteiger charge is -2.10. The van der Waals surface area contributed by atoms with E-state index in [1.165, 1.54) is 19.3 Å². The average Bonchev–Trinajstić information content (AvgIpc) is 2.92.